The number of thiol groups is 1. The standard InChI is InChI=1S/C18H21N3OS.2ClH/c19-15(12-23)11-20-16-6-3-5-14(10-16)18(22)21-9-8-13-4-1-2-7-17(13)21;;/h1-7,10,15,20,23H,8-9,11-12,19H2;2*1H/t15-;;/m1../s1. The summed E-state index contributed by atoms with van der Waals surface area (Å²) in [5, 5.41) is 3.26. The number of amides is 1. The molecule has 2 aromatic carbocycles. The highest BCUT2D eigenvalue weighted by Gasteiger charge is 2.25. The lowest BCUT2D eigenvalue weighted by atomic mass is 10.1. The normalized spacial score (nSPS) is 13.3. The minimum absolute atomic E-state index is 0. The Morgan fingerprint density at radius 1 is 1.20 bits per heavy atom. The van der Waals surface area contributed by atoms with Crippen molar-refractivity contribution in [2.75, 3.05) is 29.1 Å². The van der Waals surface area contributed by atoms with E-state index in [0.29, 0.717) is 17.9 Å². The average molecular weight is 400 g/mol. The van der Waals surface area contributed by atoms with Gasteiger partial charge < -0.3 is 16.0 Å². The number of nitrogens with zero attached hydrogens (tertiary/aromatic N) is 1. The molecule has 136 valence electrons. The third-order valence-electron chi connectivity index (χ3n) is 4.04. The van der Waals surface area contributed by atoms with Crippen molar-refractivity contribution in [1.29, 1.82) is 0 Å². The van der Waals surface area contributed by atoms with Gasteiger partial charge in [-0.3, -0.25) is 4.79 Å². The third kappa shape index (κ3) is 5.05. The Morgan fingerprint density at radius 3 is 2.72 bits per heavy atom. The number of nitrogens with two attached hydrogens (primary N) is 1. The molecule has 0 aliphatic carbocycles. The van der Waals surface area contributed by atoms with Crippen LogP contribution >= 0.6 is 37.4 Å². The monoisotopic (exact) mass is 399 g/mol. The number of hydrogen-bond acceptors (Lipinski definition) is 4. The van der Waals surface area contributed by atoms with E-state index in [4.69, 9.17) is 5.73 Å². The quantitative estimate of drug-likeness (QED) is 0.675. The molecule has 2 aromatic rings. The Morgan fingerprint density at radius 2 is 1.96 bits per heavy atom. The van der Waals surface area contributed by atoms with Crippen molar-refractivity contribution >= 4 is 54.7 Å². The number of para-hydroxylation sites is 1. The molecule has 1 aliphatic rings. The summed E-state index contributed by atoms with van der Waals surface area (Å²) in [5.74, 6) is 0.660. The predicted octanol–water partition coefficient (Wildman–Crippen LogP) is 3.40. The van der Waals surface area contributed by atoms with Crippen molar-refractivity contribution in [2.24, 2.45) is 5.73 Å². The molecule has 1 aliphatic heterocycles. The highest BCUT2D eigenvalue weighted by Crippen LogP contribution is 2.29. The second-order valence-corrected chi connectivity index (χ2v) is 6.11. The Hall–Kier alpha value is -1.40. The van der Waals surface area contributed by atoms with E-state index in [9.17, 15) is 4.79 Å². The van der Waals surface area contributed by atoms with Gasteiger partial charge in [-0.1, -0.05) is 24.3 Å². The van der Waals surface area contributed by atoms with Gasteiger partial charge in [0.15, 0.2) is 0 Å². The van der Waals surface area contributed by atoms with Crippen LogP contribution in [0.5, 0.6) is 0 Å². The van der Waals surface area contributed by atoms with Crippen LogP contribution in [0.4, 0.5) is 11.4 Å². The number of hydrogen-bond donors (Lipinski definition) is 3. The van der Waals surface area contributed by atoms with E-state index >= 15 is 0 Å². The molecule has 1 heterocycles. The molecule has 0 spiro atoms. The fraction of sp³-hybridized carbons (Fsp3) is 0.278. The Kier molecular flexibility index (Phi) is 8.59. The first-order chi connectivity index (χ1) is 11.2. The number of carbonyl (C=O) groups excluding carboxylic acids is 1. The molecule has 7 heteroatoms. The van der Waals surface area contributed by atoms with Crippen LogP contribution in [0.3, 0.4) is 0 Å². The number of carbonyl (C=O) groups is 1. The minimum atomic E-state index is -0.0110. The zero-order valence-electron chi connectivity index (χ0n) is 13.7. The largest absolute Gasteiger partial charge is 0.383 e. The molecule has 0 aromatic heterocycles. The maximum Gasteiger partial charge on any atom is 0.258 e. The molecule has 0 saturated heterocycles. The topological polar surface area (TPSA) is 58.4 Å². The van der Waals surface area contributed by atoms with E-state index in [2.05, 4.69) is 24.0 Å². The summed E-state index contributed by atoms with van der Waals surface area (Å²) in [6, 6.07) is 15.6. The molecule has 3 rings (SSSR count). The predicted molar refractivity (Wildman–Crippen MR) is 113 cm³/mol. The SMILES string of the molecule is Cl.Cl.N[C@@H](CS)CNc1cccc(C(=O)N2CCc3ccccc32)c1. The van der Waals surface area contributed by atoms with E-state index in [-0.39, 0.29) is 36.8 Å². The van der Waals surface area contributed by atoms with Crippen LogP contribution in [-0.4, -0.2) is 30.8 Å². The molecule has 1 amide bonds. The van der Waals surface area contributed by atoms with Gasteiger partial charge in [0, 0.05) is 41.8 Å². The maximum absolute atomic E-state index is 12.8. The molecular weight excluding hydrogens is 377 g/mol. The van der Waals surface area contributed by atoms with E-state index in [1.165, 1.54) is 5.56 Å². The Balaban J connectivity index is 0.00000156. The van der Waals surface area contributed by atoms with Gasteiger partial charge in [-0.2, -0.15) is 12.6 Å². The smallest absolute Gasteiger partial charge is 0.258 e. The fourth-order valence-corrected chi connectivity index (χ4v) is 2.91. The minimum Gasteiger partial charge on any atom is -0.383 e. The van der Waals surface area contributed by atoms with Crippen LogP contribution in [-0.2, 0) is 6.42 Å². The lowest BCUT2D eigenvalue weighted by Crippen LogP contribution is -2.31. The summed E-state index contributed by atoms with van der Waals surface area (Å²) < 4.78 is 0. The van der Waals surface area contributed by atoms with Gasteiger partial charge >= 0.3 is 0 Å². The molecule has 4 nitrogen and oxygen atoms in total. The van der Waals surface area contributed by atoms with Gasteiger partial charge in [0.05, 0.1) is 0 Å². The van der Waals surface area contributed by atoms with Gasteiger partial charge in [-0.15, -0.1) is 24.8 Å². The number of fused-ring (bicyclic) bond motifs is 1. The molecule has 3 N–H and O–H groups in total. The molecule has 0 bridgehead atoms. The van der Waals surface area contributed by atoms with Crippen molar-refractivity contribution in [3.63, 3.8) is 0 Å². The van der Waals surface area contributed by atoms with Crippen LogP contribution in [0, 0.1) is 0 Å². The highest BCUT2D eigenvalue weighted by atomic mass is 35.5. The highest BCUT2D eigenvalue weighted by molar-refractivity contribution is 7.80. The first-order valence-corrected chi connectivity index (χ1v) is 8.42. The summed E-state index contributed by atoms with van der Waals surface area (Å²) in [5.41, 5.74) is 9.70. The summed E-state index contributed by atoms with van der Waals surface area (Å²) >= 11 is 4.17. The van der Waals surface area contributed by atoms with E-state index in [0.717, 1.165) is 24.3 Å². The van der Waals surface area contributed by atoms with Crippen molar-refractivity contribution in [3.05, 3.63) is 59.7 Å². The molecule has 25 heavy (non-hydrogen) atoms. The van der Waals surface area contributed by atoms with E-state index < -0.39 is 0 Å². The lowest BCUT2D eigenvalue weighted by Gasteiger charge is -2.18. The summed E-state index contributed by atoms with van der Waals surface area (Å²) in [6.07, 6.45) is 0.913. The van der Waals surface area contributed by atoms with E-state index in [1.54, 1.807) is 0 Å². The number of benzene rings is 2. The Labute approximate surface area is 166 Å². The van der Waals surface area contributed by atoms with Gasteiger partial charge in [0.2, 0.25) is 0 Å². The molecule has 1 atom stereocenters. The van der Waals surface area contributed by atoms with Crippen molar-refractivity contribution in [3.8, 4) is 0 Å². The maximum atomic E-state index is 12.8. The third-order valence-corrected chi connectivity index (χ3v) is 4.51. The zero-order valence-corrected chi connectivity index (χ0v) is 16.2. The second-order valence-electron chi connectivity index (χ2n) is 5.74. The average Bonchev–Trinajstić information content (AvgIpc) is 3.03. The number of rotatable bonds is 5. The van der Waals surface area contributed by atoms with Crippen LogP contribution in [0.15, 0.2) is 48.5 Å². The summed E-state index contributed by atoms with van der Waals surface area (Å²) in [6.45, 7) is 1.37. The second kappa shape index (κ2) is 9.92. The van der Waals surface area contributed by atoms with Crippen LogP contribution < -0.4 is 16.0 Å². The van der Waals surface area contributed by atoms with Gasteiger partial charge in [-0.25, -0.2) is 0 Å². The first kappa shape index (κ1) is 21.6. The number of anilines is 2. The first-order valence-electron chi connectivity index (χ1n) is 7.79. The number of halogens is 2. The number of nitrogens with one attached hydrogen (secondary N) is 1. The van der Waals surface area contributed by atoms with Gasteiger partial charge in [0.1, 0.15) is 0 Å². The van der Waals surface area contributed by atoms with Gasteiger partial charge in [0.25, 0.3) is 5.91 Å². The Bertz CT molecular complexity index is 714. The fourth-order valence-electron chi connectivity index (χ4n) is 2.78. The summed E-state index contributed by atoms with van der Waals surface area (Å²) in [4.78, 5) is 14.7. The molecule has 0 unspecified atom stereocenters. The van der Waals surface area contributed by atoms with E-state index in [1.807, 2.05) is 47.4 Å². The zero-order chi connectivity index (χ0) is 16.2. The molecule has 0 radical (unpaired) electrons. The van der Waals surface area contributed by atoms with Crippen molar-refractivity contribution in [2.45, 2.75) is 12.5 Å². The lowest BCUT2D eigenvalue weighted by molar-refractivity contribution is 0.0989. The summed E-state index contributed by atoms with van der Waals surface area (Å²) in [7, 11) is 0. The van der Waals surface area contributed by atoms with Crippen molar-refractivity contribution < 1.29 is 4.79 Å². The van der Waals surface area contributed by atoms with Gasteiger partial charge in [-0.05, 0) is 36.2 Å². The van der Waals surface area contributed by atoms with Crippen LogP contribution in [0.1, 0.15) is 15.9 Å². The van der Waals surface area contributed by atoms with Crippen molar-refractivity contribution in [1.82, 2.24) is 0 Å². The molecule has 0 saturated carbocycles. The van der Waals surface area contributed by atoms with Crippen LogP contribution in [0.25, 0.3) is 0 Å². The molecule has 0 fully saturated rings. The molecular formula is C18H23Cl2N3OS. The van der Waals surface area contributed by atoms with Crippen LogP contribution in [0.2, 0.25) is 0 Å².